The summed E-state index contributed by atoms with van der Waals surface area (Å²) in [6.45, 7) is 0. The van der Waals surface area contributed by atoms with Gasteiger partial charge in [0.15, 0.2) is 0 Å². The van der Waals surface area contributed by atoms with E-state index in [9.17, 15) is 20.4 Å². The summed E-state index contributed by atoms with van der Waals surface area (Å²) in [5, 5.41) is 39.6. The van der Waals surface area contributed by atoms with E-state index in [0.717, 1.165) is 22.3 Å². The molecule has 0 spiro atoms. The van der Waals surface area contributed by atoms with Crippen LogP contribution < -0.4 is 0 Å². The minimum atomic E-state index is 0.161. The van der Waals surface area contributed by atoms with Crippen LogP contribution in [-0.2, 0) is 0 Å². The Hall–Kier alpha value is -5.88. The van der Waals surface area contributed by atoms with Gasteiger partial charge in [-0.15, -0.1) is 0 Å². The van der Waals surface area contributed by atoms with Crippen molar-refractivity contribution in [2.45, 2.75) is 0 Å². The van der Waals surface area contributed by atoms with Crippen LogP contribution in [0.15, 0.2) is 97.1 Å². The number of rotatable bonds is 8. The highest BCUT2D eigenvalue weighted by Gasteiger charge is 2.09. The van der Waals surface area contributed by atoms with Gasteiger partial charge in [0.25, 0.3) is 0 Å². The molecule has 0 bridgehead atoms. The predicted molar refractivity (Wildman–Crippen MR) is 170 cm³/mol. The van der Waals surface area contributed by atoms with E-state index in [-0.39, 0.29) is 23.0 Å². The van der Waals surface area contributed by atoms with E-state index in [1.807, 2.05) is 72.9 Å². The summed E-state index contributed by atoms with van der Waals surface area (Å²) in [5.41, 5.74) is 5.52. The maximum absolute atomic E-state index is 9.90. The van der Waals surface area contributed by atoms with Gasteiger partial charge < -0.3 is 20.4 Å². The zero-order valence-corrected chi connectivity index (χ0v) is 22.5. The predicted octanol–water partition coefficient (Wildman–Crippen LogP) is 7.98. The van der Waals surface area contributed by atoms with Crippen LogP contribution in [0.3, 0.4) is 0 Å². The summed E-state index contributed by atoms with van der Waals surface area (Å²) in [4.78, 5) is 9.89. The van der Waals surface area contributed by atoms with Gasteiger partial charge in [-0.25, -0.2) is 9.97 Å². The largest absolute Gasteiger partial charge is 0.508 e. The summed E-state index contributed by atoms with van der Waals surface area (Å²) < 4.78 is 0. The normalized spacial score (nSPS) is 11.8. The summed E-state index contributed by atoms with van der Waals surface area (Å²) in [7, 11) is 0. The monoisotopic (exact) mass is 552 g/mol. The Morgan fingerprint density at radius 1 is 0.333 bits per heavy atom. The molecule has 0 radical (unpaired) electrons. The second-order valence-electron chi connectivity index (χ2n) is 9.48. The maximum atomic E-state index is 9.90. The number of hydrogen-bond acceptors (Lipinski definition) is 6. The van der Waals surface area contributed by atoms with Gasteiger partial charge in [0.05, 0.1) is 22.8 Å². The average Bonchev–Trinajstić information content (AvgIpc) is 2.97. The molecule has 0 fully saturated rings. The van der Waals surface area contributed by atoms with Gasteiger partial charge >= 0.3 is 0 Å². The van der Waals surface area contributed by atoms with Crippen molar-refractivity contribution in [3.63, 3.8) is 0 Å². The average molecular weight is 553 g/mol. The summed E-state index contributed by atoms with van der Waals surface area (Å²) in [6, 6.07) is 27.6. The van der Waals surface area contributed by atoms with Gasteiger partial charge in [0.2, 0.25) is 0 Å². The van der Waals surface area contributed by atoms with Gasteiger partial charge in [-0.1, -0.05) is 72.8 Å². The first-order valence-corrected chi connectivity index (χ1v) is 13.2. The number of phenolic OH excluding ortho intramolecular Hbond substituents is 4. The molecule has 0 saturated carbocycles. The number of aromatic nitrogens is 2. The van der Waals surface area contributed by atoms with Crippen molar-refractivity contribution < 1.29 is 20.4 Å². The Bertz CT molecular complexity index is 1570. The molecule has 0 aliphatic rings. The number of aromatic hydroxyl groups is 4. The molecule has 1 heterocycles. The molecule has 0 saturated heterocycles. The van der Waals surface area contributed by atoms with E-state index < -0.39 is 0 Å². The fraction of sp³-hybridized carbons (Fsp3) is 0. The minimum absolute atomic E-state index is 0.161. The molecular weight excluding hydrogens is 524 g/mol. The third-order valence-electron chi connectivity index (χ3n) is 6.22. The van der Waals surface area contributed by atoms with Crippen LogP contribution in [0.2, 0.25) is 0 Å². The van der Waals surface area contributed by atoms with Gasteiger partial charge in [-0.05, 0) is 95.1 Å². The van der Waals surface area contributed by atoms with Gasteiger partial charge in [-0.2, -0.15) is 0 Å². The van der Waals surface area contributed by atoms with Crippen molar-refractivity contribution in [2.75, 3.05) is 0 Å². The van der Waals surface area contributed by atoms with E-state index in [1.165, 1.54) is 0 Å². The van der Waals surface area contributed by atoms with Crippen molar-refractivity contribution in [3.8, 4) is 23.0 Å². The number of hydrogen-bond donors (Lipinski definition) is 4. The third kappa shape index (κ3) is 7.61. The Labute approximate surface area is 243 Å². The molecule has 0 atom stereocenters. The smallest absolute Gasteiger partial charge is 0.116 e. The van der Waals surface area contributed by atoms with Crippen molar-refractivity contribution in [3.05, 3.63) is 142 Å². The SMILES string of the molecule is Oc1cccc(C=Cc2nc(C=Cc3cccc(O)c3)c(C=Cc3cccc(O)c3)nc2C=Cc2cccc(O)c2)c1. The molecule has 42 heavy (non-hydrogen) atoms. The summed E-state index contributed by atoms with van der Waals surface area (Å²) >= 11 is 0. The fourth-order valence-corrected chi connectivity index (χ4v) is 4.19. The molecule has 5 aromatic rings. The minimum Gasteiger partial charge on any atom is -0.508 e. The van der Waals surface area contributed by atoms with E-state index in [1.54, 1.807) is 72.8 Å². The molecule has 206 valence electrons. The molecule has 5 rings (SSSR count). The van der Waals surface area contributed by atoms with Crippen LogP contribution in [0.1, 0.15) is 45.0 Å². The van der Waals surface area contributed by atoms with Crippen molar-refractivity contribution in [2.24, 2.45) is 0 Å². The van der Waals surface area contributed by atoms with E-state index in [2.05, 4.69) is 0 Å². The molecule has 1 aromatic heterocycles. The lowest BCUT2D eigenvalue weighted by atomic mass is 10.1. The van der Waals surface area contributed by atoms with Crippen molar-refractivity contribution in [1.82, 2.24) is 9.97 Å². The molecule has 6 heteroatoms. The van der Waals surface area contributed by atoms with Crippen LogP contribution in [0, 0.1) is 0 Å². The van der Waals surface area contributed by atoms with Crippen LogP contribution in [0.5, 0.6) is 23.0 Å². The van der Waals surface area contributed by atoms with Crippen molar-refractivity contribution in [1.29, 1.82) is 0 Å². The highest BCUT2D eigenvalue weighted by molar-refractivity contribution is 5.81. The Morgan fingerprint density at radius 3 is 0.786 bits per heavy atom. The lowest BCUT2D eigenvalue weighted by Crippen LogP contribution is -1.99. The second-order valence-corrected chi connectivity index (χ2v) is 9.48. The Morgan fingerprint density at radius 2 is 0.571 bits per heavy atom. The number of nitrogens with zero attached hydrogens (tertiary/aromatic N) is 2. The number of phenols is 4. The first-order chi connectivity index (χ1) is 20.4. The molecule has 6 nitrogen and oxygen atoms in total. The van der Waals surface area contributed by atoms with Crippen molar-refractivity contribution >= 4 is 48.6 Å². The van der Waals surface area contributed by atoms with Crippen LogP contribution >= 0.6 is 0 Å². The topological polar surface area (TPSA) is 107 Å². The first-order valence-electron chi connectivity index (χ1n) is 13.2. The summed E-state index contributed by atoms with van der Waals surface area (Å²) in [6.07, 6.45) is 14.7. The van der Waals surface area contributed by atoms with Crippen LogP contribution in [0.25, 0.3) is 48.6 Å². The van der Waals surface area contributed by atoms with E-state index >= 15 is 0 Å². The van der Waals surface area contributed by atoms with Gasteiger partial charge in [0.1, 0.15) is 23.0 Å². The summed E-state index contributed by atoms with van der Waals surface area (Å²) in [5.74, 6) is 0.646. The molecule has 4 N–H and O–H groups in total. The first kappa shape index (κ1) is 27.7. The zero-order chi connectivity index (χ0) is 29.3. The third-order valence-corrected chi connectivity index (χ3v) is 6.22. The Balaban J connectivity index is 1.63. The van der Waals surface area contributed by atoms with Crippen LogP contribution in [-0.4, -0.2) is 30.4 Å². The van der Waals surface area contributed by atoms with Gasteiger partial charge in [-0.3, -0.25) is 0 Å². The highest BCUT2D eigenvalue weighted by Crippen LogP contribution is 2.23. The van der Waals surface area contributed by atoms with Gasteiger partial charge in [0, 0.05) is 0 Å². The molecular formula is C36H28N2O4. The quantitative estimate of drug-likeness (QED) is 0.155. The number of benzene rings is 4. The zero-order valence-electron chi connectivity index (χ0n) is 22.5. The molecule has 0 unspecified atom stereocenters. The lowest BCUT2D eigenvalue weighted by Gasteiger charge is -2.08. The molecule has 0 aliphatic heterocycles. The molecule has 0 aliphatic carbocycles. The highest BCUT2D eigenvalue weighted by atomic mass is 16.3. The molecule has 0 amide bonds. The van der Waals surface area contributed by atoms with Crippen LogP contribution in [0.4, 0.5) is 0 Å². The fourth-order valence-electron chi connectivity index (χ4n) is 4.19. The van der Waals surface area contributed by atoms with E-state index in [0.29, 0.717) is 22.8 Å². The maximum Gasteiger partial charge on any atom is 0.116 e. The van der Waals surface area contributed by atoms with E-state index in [4.69, 9.17) is 9.97 Å². The Kier molecular flexibility index (Phi) is 8.56. The standard InChI is InChI=1S/C36H28N2O4/c39-29-9-1-5-25(21-29)13-17-33-34(18-14-26-6-2-10-30(40)22-26)38-36(20-16-28-8-4-12-32(42)24-28)35(37-33)19-15-27-7-3-11-31(41)23-27/h1-24,39-42H. The second kappa shape index (κ2) is 13.0. The lowest BCUT2D eigenvalue weighted by molar-refractivity contribution is 0.474. The molecule has 4 aromatic carbocycles.